The van der Waals surface area contributed by atoms with Crippen molar-refractivity contribution in [2.24, 2.45) is 0 Å². The predicted molar refractivity (Wildman–Crippen MR) is 101 cm³/mol. The molecule has 0 spiro atoms. The Morgan fingerprint density at radius 2 is 1.48 bits per heavy atom. The Labute approximate surface area is 151 Å². The number of benzene rings is 3. The SMILES string of the molecule is N#Cc1ccc(NC(=O)[C@H](Sc2ccccc2)c2ccccc2)cc1. The third-order valence-corrected chi connectivity index (χ3v) is 4.89. The maximum atomic E-state index is 12.9. The van der Waals surface area contributed by atoms with Gasteiger partial charge in [-0.15, -0.1) is 11.8 Å². The number of hydrogen-bond donors (Lipinski definition) is 1. The van der Waals surface area contributed by atoms with Crippen LogP contribution in [0.5, 0.6) is 0 Å². The lowest BCUT2D eigenvalue weighted by molar-refractivity contribution is -0.115. The lowest BCUT2D eigenvalue weighted by Crippen LogP contribution is -2.19. The Morgan fingerprint density at radius 1 is 0.880 bits per heavy atom. The molecule has 0 heterocycles. The fourth-order valence-electron chi connectivity index (χ4n) is 2.37. The minimum atomic E-state index is -0.362. The van der Waals surface area contributed by atoms with Gasteiger partial charge in [0.05, 0.1) is 11.6 Å². The molecular formula is C21H16N2OS. The number of nitriles is 1. The van der Waals surface area contributed by atoms with Gasteiger partial charge in [0.1, 0.15) is 5.25 Å². The molecule has 0 radical (unpaired) electrons. The standard InChI is InChI=1S/C21H16N2OS/c22-15-16-11-13-18(14-12-16)23-21(24)20(17-7-3-1-4-8-17)25-19-9-5-2-6-10-19/h1-14,20H,(H,23,24)/t20-/m1/s1. The summed E-state index contributed by atoms with van der Waals surface area (Å²) in [7, 11) is 0. The molecule has 3 aromatic carbocycles. The Hall–Kier alpha value is -3.03. The van der Waals surface area contributed by atoms with Crippen molar-refractivity contribution in [3.63, 3.8) is 0 Å². The molecule has 0 aromatic heterocycles. The normalized spacial score (nSPS) is 11.3. The van der Waals surface area contributed by atoms with Crippen molar-refractivity contribution in [1.82, 2.24) is 0 Å². The summed E-state index contributed by atoms with van der Waals surface area (Å²) in [5.41, 5.74) is 2.19. The number of carbonyl (C=O) groups excluding carboxylic acids is 1. The van der Waals surface area contributed by atoms with Crippen LogP contribution in [-0.4, -0.2) is 5.91 Å². The summed E-state index contributed by atoms with van der Waals surface area (Å²) in [6, 6.07) is 28.5. The van der Waals surface area contributed by atoms with E-state index in [1.807, 2.05) is 60.7 Å². The van der Waals surface area contributed by atoms with E-state index in [9.17, 15) is 4.79 Å². The number of anilines is 1. The summed E-state index contributed by atoms with van der Waals surface area (Å²) >= 11 is 1.51. The van der Waals surface area contributed by atoms with E-state index in [1.54, 1.807) is 24.3 Å². The second-order valence-corrected chi connectivity index (χ2v) is 6.58. The van der Waals surface area contributed by atoms with Crippen LogP contribution in [0, 0.1) is 11.3 Å². The van der Waals surface area contributed by atoms with Gasteiger partial charge >= 0.3 is 0 Å². The molecule has 3 aromatic rings. The van der Waals surface area contributed by atoms with Crippen molar-refractivity contribution in [2.45, 2.75) is 10.1 Å². The fraction of sp³-hybridized carbons (Fsp3) is 0.0476. The molecule has 0 fully saturated rings. The quantitative estimate of drug-likeness (QED) is 0.660. The Kier molecular flexibility index (Phi) is 5.50. The first-order valence-corrected chi connectivity index (χ1v) is 8.72. The number of thioether (sulfide) groups is 1. The van der Waals surface area contributed by atoms with Crippen LogP contribution in [0.25, 0.3) is 0 Å². The van der Waals surface area contributed by atoms with Crippen molar-refractivity contribution in [2.75, 3.05) is 5.32 Å². The van der Waals surface area contributed by atoms with Crippen molar-refractivity contribution >= 4 is 23.4 Å². The monoisotopic (exact) mass is 344 g/mol. The average Bonchev–Trinajstić information content (AvgIpc) is 2.68. The Balaban J connectivity index is 1.82. The molecule has 122 valence electrons. The van der Waals surface area contributed by atoms with E-state index in [1.165, 1.54) is 11.8 Å². The van der Waals surface area contributed by atoms with Crippen LogP contribution in [0.4, 0.5) is 5.69 Å². The molecule has 0 aliphatic heterocycles. The first-order valence-electron chi connectivity index (χ1n) is 7.84. The molecule has 3 rings (SSSR count). The van der Waals surface area contributed by atoms with Gasteiger partial charge in [0, 0.05) is 10.6 Å². The zero-order chi connectivity index (χ0) is 17.5. The topological polar surface area (TPSA) is 52.9 Å². The lowest BCUT2D eigenvalue weighted by atomic mass is 10.1. The molecule has 1 N–H and O–H groups in total. The van der Waals surface area contributed by atoms with Crippen LogP contribution in [0.1, 0.15) is 16.4 Å². The van der Waals surface area contributed by atoms with Crippen molar-refractivity contribution in [1.29, 1.82) is 5.26 Å². The third-order valence-electron chi connectivity index (χ3n) is 3.62. The summed E-state index contributed by atoms with van der Waals surface area (Å²) in [6.45, 7) is 0. The molecular weight excluding hydrogens is 328 g/mol. The number of rotatable bonds is 5. The van der Waals surface area contributed by atoms with E-state index in [2.05, 4.69) is 11.4 Å². The van der Waals surface area contributed by atoms with Gasteiger partial charge in [-0.1, -0.05) is 48.5 Å². The van der Waals surface area contributed by atoms with Gasteiger partial charge in [-0.3, -0.25) is 4.79 Å². The largest absolute Gasteiger partial charge is 0.325 e. The van der Waals surface area contributed by atoms with Crippen LogP contribution in [0.15, 0.2) is 89.8 Å². The zero-order valence-electron chi connectivity index (χ0n) is 13.4. The van der Waals surface area contributed by atoms with Gasteiger partial charge < -0.3 is 5.32 Å². The zero-order valence-corrected chi connectivity index (χ0v) is 14.2. The molecule has 0 saturated heterocycles. The highest BCUT2D eigenvalue weighted by Gasteiger charge is 2.22. The number of carbonyl (C=O) groups is 1. The summed E-state index contributed by atoms with van der Waals surface area (Å²) < 4.78 is 0. The van der Waals surface area contributed by atoms with Crippen LogP contribution in [-0.2, 0) is 4.79 Å². The molecule has 1 amide bonds. The lowest BCUT2D eigenvalue weighted by Gasteiger charge is -2.17. The van der Waals surface area contributed by atoms with E-state index in [4.69, 9.17) is 5.26 Å². The predicted octanol–water partition coefficient (Wildman–Crippen LogP) is 5.03. The Bertz CT molecular complexity index is 871. The van der Waals surface area contributed by atoms with Gasteiger partial charge in [0.15, 0.2) is 0 Å². The molecule has 3 nitrogen and oxygen atoms in total. The van der Waals surface area contributed by atoms with E-state index >= 15 is 0 Å². The maximum Gasteiger partial charge on any atom is 0.242 e. The molecule has 0 aliphatic carbocycles. The van der Waals surface area contributed by atoms with Gasteiger partial charge in [-0.2, -0.15) is 5.26 Å². The second kappa shape index (κ2) is 8.18. The highest BCUT2D eigenvalue weighted by molar-refractivity contribution is 8.00. The minimum absolute atomic E-state index is 0.0928. The van der Waals surface area contributed by atoms with E-state index in [-0.39, 0.29) is 11.2 Å². The van der Waals surface area contributed by atoms with E-state index in [0.29, 0.717) is 11.3 Å². The summed E-state index contributed by atoms with van der Waals surface area (Å²) in [4.78, 5) is 13.9. The van der Waals surface area contributed by atoms with Crippen molar-refractivity contribution in [3.8, 4) is 6.07 Å². The smallest absolute Gasteiger partial charge is 0.242 e. The number of nitrogens with zero attached hydrogens (tertiary/aromatic N) is 1. The average molecular weight is 344 g/mol. The van der Waals surface area contributed by atoms with E-state index < -0.39 is 0 Å². The minimum Gasteiger partial charge on any atom is -0.325 e. The highest BCUT2D eigenvalue weighted by Crippen LogP contribution is 2.36. The second-order valence-electron chi connectivity index (χ2n) is 5.40. The van der Waals surface area contributed by atoms with Crippen LogP contribution in [0.2, 0.25) is 0 Å². The van der Waals surface area contributed by atoms with Gasteiger partial charge in [0.25, 0.3) is 0 Å². The fourth-order valence-corrected chi connectivity index (χ4v) is 3.42. The number of amides is 1. The molecule has 0 aliphatic rings. The van der Waals surface area contributed by atoms with Crippen molar-refractivity contribution in [3.05, 3.63) is 96.1 Å². The molecule has 0 saturated carbocycles. The third kappa shape index (κ3) is 4.50. The van der Waals surface area contributed by atoms with Crippen molar-refractivity contribution < 1.29 is 4.79 Å². The Morgan fingerprint density at radius 3 is 2.08 bits per heavy atom. The first-order chi connectivity index (χ1) is 12.3. The van der Waals surface area contributed by atoms with E-state index in [0.717, 1.165) is 10.5 Å². The molecule has 0 bridgehead atoms. The van der Waals surface area contributed by atoms with Gasteiger partial charge in [0.2, 0.25) is 5.91 Å². The molecule has 0 unspecified atom stereocenters. The number of nitrogens with one attached hydrogen (secondary N) is 1. The summed E-state index contributed by atoms with van der Waals surface area (Å²) in [6.07, 6.45) is 0. The van der Waals surface area contributed by atoms with Gasteiger partial charge in [-0.25, -0.2) is 0 Å². The summed E-state index contributed by atoms with van der Waals surface area (Å²) in [5, 5.41) is 11.5. The van der Waals surface area contributed by atoms with Crippen LogP contribution in [0.3, 0.4) is 0 Å². The first kappa shape index (κ1) is 16.8. The summed E-state index contributed by atoms with van der Waals surface area (Å²) in [5.74, 6) is -0.0928. The molecule has 1 atom stereocenters. The maximum absolute atomic E-state index is 12.9. The van der Waals surface area contributed by atoms with Crippen LogP contribution >= 0.6 is 11.8 Å². The number of hydrogen-bond acceptors (Lipinski definition) is 3. The molecule has 4 heteroatoms. The highest BCUT2D eigenvalue weighted by atomic mass is 32.2. The van der Waals surface area contributed by atoms with Gasteiger partial charge in [-0.05, 0) is 42.0 Å². The van der Waals surface area contributed by atoms with Crippen LogP contribution < -0.4 is 5.32 Å². The molecule has 25 heavy (non-hydrogen) atoms.